The maximum Gasteiger partial charge on any atom is 0.277 e. The van der Waals surface area contributed by atoms with E-state index < -0.39 is 11.8 Å². The first-order chi connectivity index (χ1) is 13.2. The van der Waals surface area contributed by atoms with E-state index in [-0.39, 0.29) is 18.8 Å². The van der Waals surface area contributed by atoms with Crippen molar-refractivity contribution in [1.82, 2.24) is 4.90 Å². The molecular weight excluding hydrogens is 344 g/mol. The zero-order valence-electron chi connectivity index (χ0n) is 14.9. The Bertz CT molecular complexity index is 816. The molecule has 140 valence electrons. The number of anilines is 1. The maximum atomic E-state index is 12.1. The summed E-state index contributed by atoms with van der Waals surface area (Å²) < 4.78 is 5.74. The molecule has 0 spiro atoms. The van der Waals surface area contributed by atoms with E-state index in [4.69, 9.17) is 9.84 Å². The Hall–Kier alpha value is -3.12. The molecular formula is C21H22N2O4. The van der Waals surface area contributed by atoms with E-state index in [2.05, 4.69) is 17.4 Å². The van der Waals surface area contributed by atoms with Gasteiger partial charge in [-0.25, -0.2) is 0 Å². The molecule has 0 radical (unpaired) electrons. The van der Waals surface area contributed by atoms with Crippen molar-refractivity contribution in [3.05, 3.63) is 71.9 Å². The number of carbonyl (C=O) groups excluding carboxylic acids is 2. The summed E-state index contributed by atoms with van der Waals surface area (Å²) >= 11 is 0. The monoisotopic (exact) mass is 366 g/mol. The molecule has 0 bridgehead atoms. The first-order valence-corrected chi connectivity index (χ1v) is 8.89. The summed E-state index contributed by atoms with van der Waals surface area (Å²) in [5, 5.41) is 11.9. The van der Waals surface area contributed by atoms with E-state index in [9.17, 15) is 9.59 Å². The van der Waals surface area contributed by atoms with E-state index in [1.807, 2.05) is 30.3 Å². The standard InChI is InChI=1S/C21H22N2O4/c24-13-12-23-20(25)15-19(21(23)26)22-17-8-10-18(11-9-17)27-14-4-7-16-5-2-1-3-6-16/h1-3,5-6,8-11,15,22,24H,4,7,12-14H2. The van der Waals surface area contributed by atoms with Crippen LogP contribution in [0.4, 0.5) is 5.69 Å². The average molecular weight is 366 g/mol. The van der Waals surface area contributed by atoms with Crippen molar-refractivity contribution >= 4 is 17.5 Å². The van der Waals surface area contributed by atoms with Gasteiger partial charge in [-0.2, -0.15) is 0 Å². The third-order valence-electron chi connectivity index (χ3n) is 4.19. The number of rotatable bonds is 9. The second kappa shape index (κ2) is 9.00. The van der Waals surface area contributed by atoms with Crippen molar-refractivity contribution in [1.29, 1.82) is 0 Å². The van der Waals surface area contributed by atoms with Gasteiger partial charge in [0.05, 0.1) is 19.8 Å². The number of hydrogen-bond donors (Lipinski definition) is 2. The van der Waals surface area contributed by atoms with E-state index in [0.29, 0.717) is 12.3 Å². The van der Waals surface area contributed by atoms with Gasteiger partial charge in [-0.15, -0.1) is 0 Å². The van der Waals surface area contributed by atoms with Gasteiger partial charge in [-0.1, -0.05) is 30.3 Å². The van der Waals surface area contributed by atoms with Crippen LogP contribution in [0.15, 0.2) is 66.4 Å². The molecule has 1 aliphatic rings. The van der Waals surface area contributed by atoms with E-state index in [0.717, 1.165) is 23.5 Å². The number of carbonyl (C=O) groups is 2. The Labute approximate surface area is 158 Å². The summed E-state index contributed by atoms with van der Waals surface area (Å²) in [5.41, 5.74) is 2.18. The highest BCUT2D eigenvalue weighted by Gasteiger charge is 2.30. The lowest BCUT2D eigenvalue weighted by Gasteiger charge is -2.13. The minimum atomic E-state index is -0.435. The van der Waals surface area contributed by atoms with E-state index >= 15 is 0 Å². The molecule has 6 nitrogen and oxygen atoms in total. The van der Waals surface area contributed by atoms with Gasteiger partial charge in [0.15, 0.2) is 0 Å². The van der Waals surface area contributed by atoms with Crippen LogP contribution >= 0.6 is 0 Å². The summed E-state index contributed by atoms with van der Waals surface area (Å²) in [5.74, 6) is -0.108. The quantitative estimate of drug-likeness (QED) is 0.526. The normalized spacial score (nSPS) is 13.7. The highest BCUT2D eigenvalue weighted by Crippen LogP contribution is 2.20. The topological polar surface area (TPSA) is 78.9 Å². The number of aliphatic hydroxyl groups excluding tert-OH is 1. The van der Waals surface area contributed by atoms with Gasteiger partial charge in [0, 0.05) is 11.8 Å². The number of amides is 2. The number of aliphatic hydroxyl groups is 1. The van der Waals surface area contributed by atoms with Crippen molar-refractivity contribution in [2.45, 2.75) is 12.8 Å². The first-order valence-electron chi connectivity index (χ1n) is 8.89. The second-order valence-electron chi connectivity index (χ2n) is 6.16. The first kappa shape index (κ1) is 18.7. The number of ether oxygens (including phenoxy) is 1. The number of aryl methyl sites for hydroxylation is 1. The second-order valence-corrected chi connectivity index (χ2v) is 6.16. The Morgan fingerprint density at radius 2 is 1.74 bits per heavy atom. The Morgan fingerprint density at radius 1 is 1.00 bits per heavy atom. The van der Waals surface area contributed by atoms with Gasteiger partial charge in [0.1, 0.15) is 11.4 Å². The highest BCUT2D eigenvalue weighted by atomic mass is 16.5. The van der Waals surface area contributed by atoms with Crippen LogP contribution in [0.2, 0.25) is 0 Å². The molecule has 2 N–H and O–H groups in total. The molecule has 2 aromatic carbocycles. The predicted molar refractivity (Wildman–Crippen MR) is 102 cm³/mol. The average Bonchev–Trinajstić information content (AvgIpc) is 2.95. The van der Waals surface area contributed by atoms with Crippen molar-refractivity contribution in [2.24, 2.45) is 0 Å². The van der Waals surface area contributed by atoms with Gasteiger partial charge in [0.25, 0.3) is 11.8 Å². The third kappa shape index (κ3) is 4.95. The van der Waals surface area contributed by atoms with Crippen LogP contribution in [-0.2, 0) is 16.0 Å². The lowest BCUT2D eigenvalue weighted by molar-refractivity contribution is -0.137. The van der Waals surface area contributed by atoms with Gasteiger partial charge < -0.3 is 15.2 Å². The SMILES string of the molecule is O=C1C=C(Nc2ccc(OCCCc3ccccc3)cc2)C(=O)N1CCO. The smallest absolute Gasteiger partial charge is 0.277 e. The number of nitrogens with zero attached hydrogens (tertiary/aromatic N) is 1. The van der Waals surface area contributed by atoms with Crippen LogP contribution in [0.5, 0.6) is 5.75 Å². The van der Waals surface area contributed by atoms with Crippen molar-refractivity contribution in [3.63, 3.8) is 0 Å². The minimum Gasteiger partial charge on any atom is -0.494 e. The van der Waals surface area contributed by atoms with Gasteiger partial charge >= 0.3 is 0 Å². The molecule has 0 fully saturated rings. The number of β-amino-alcohol motifs (C(OH)–C–C–N with tert-alkyl or cyclic N) is 1. The van der Waals surface area contributed by atoms with E-state index in [1.54, 1.807) is 12.1 Å². The molecule has 6 heteroatoms. The molecule has 0 saturated carbocycles. The van der Waals surface area contributed by atoms with Crippen LogP contribution in [0, 0.1) is 0 Å². The van der Waals surface area contributed by atoms with Crippen LogP contribution in [0.1, 0.15) is 12.0 Å². The van der Waals surface area contributed by atoms with Crippen LogP contribution < -0.4 is 10.1 Å². The number of nitrogens with one attached hydrogen (secondary N) is 1. The Balaban J connectivity index is 1.47. The van der Waals surface area contributed by atoms with Gasteiger partial charge in [-0.05, 0) is 42.7 Å². The Morgan fingerprint density at radius 3 is 2.44 bits per heavy atom. The summed E-state index contributed by atoms with van der Waals surface area (Å²) in [6.07, 6.45) is 3.13. The fourth-order valence-corrected chi connectivity index (χ4v) is 2.81. The van der Waals surface area contributed by atoms with Crippen LogP contribution in [-0.4, -0.2) is 41.6 Å². The number of imide groups is 1. The van der Waals surface area contributed by atoms with Crippen LogP contribution in [0.3, 0.4) is 0 Å². The van der Waals surface area contributed by atoms with E-state index in [1.165, 1.54) is 11.6 Å². The van der Waals surface area contributed by atoms with Crippen LogP contribution in [0.25, 0.3) is 0 Å². The summed E-state index contributed by atoms with van der Waals surface area (Å²) in [7, 11) is 0. The zero-order chi connectivity index (χ0) is 19.1. The summed E-state index contributed by atoms with van der Waals surface area (Å²) in [6, 6.07) is 17.5. The fourth-order valence-electron chi connectivity index (χ4n) is 2.81. The molecule has 27 heavy (non-hydrogen) atoms. The Kier molecular flexibility index (Phi) is 6.22. The maximum absolute atomic E-state index is 12.1. The van der Waals surface area contributed by atoms with Gasteiger partial charge in [-0.3, -0.25) is 14.5 Å². The molecule has 1 aliphatic heterocycles. The largest absolute Gasteiger partial charge is 0.494 e. The molecule has 1 heterocycles. The summed E-state index contributed by atoms with van der Waals surface area (Å²) in [6.45, 7) is 0.361. The third-order valence-corrected chi connectivity index (χ3v) is 4.19. The molecule has 2 amide bonds. The predicted octanol–water partition coefficient (Wildman–Crippen LogP) is 2.36. The van der Waals surface area contributed by atoms with Crippen molar-refractivity contribution in [3.8, 4) is 5.75 Å². The number of hydrogen-bond acceptors (Lipinski definition) is 5. The minimum absolute atomic E-state index is 0.00486. The van der Waals surface area contributed by atoms with Crippen molar-refractivity contribution < 1.29 is 19.4 Å². The molecule has 2 aromatic rings. The van der Waals surface area contributed by atoms with Gasteiger partial charge in [0.2, 0.25) is 0 Å². The lowest BCUT2D eigenvalue weighted by Crippen LogP contribution is -2.34. The molecule has 0 saturated heterocycles. The molecule has 0 atom stereocenters. The zero-order valence-corrected chi connectivity index (χ0v) is 14.9. The molecule has 0 aromatic heterocycles. The molecule has 0 aliphatic carbocycles. The fraction of sp³-hybridized carbons (Fsp3) is 0.238. The van der Waals surface area contributed by atoms with Crippen molar-refractivity contribution in [2.75, 3.05) is 25.1 Å². The summed E-state index contributed by atoms with van der Waals surface area (Å²) in [4.78, 5) is 24.8. The molecule has 3 rings (SSSR count). The number of benzene rings is 2. The highest BCUT2D eigenvalue weighted by molar-refractivity contribution is 6.17. The molecule has 0 unspecified atom stereocenters. The lowest BCUT2D eigenvalue weighted by atomic mass is 10.1.